The van der Waals surface area contributed by atoms with Crippen LogP contribution in [-0.2, 0) is 13.1 Å². The van der Waals surface area contributed by atoms with E-state index in [9.17, 15) is 4.79 Å². The van der Waals surface area contributed by atoms with Crippen LogP contribution in [0.25, 0.3) is 5.69 Å². The number of aromatic nitrogens is 5. The molecule has 0 atom stereocenters. The van der Waals surface area contributed by atoms with E-state index in [1.54, 1.807) is 28.1 Å². The van der Waals surface area contributed by atoms with Crippen molar-refractivity contribution in [2.24, 2.45) is 0 Å². The first-order valence-electron chi connectivity index (χ1n) is 8.67. The van der Waals surface area contributed by atoms with Gasteiger partial charge < -0.3 is 5.32 Å². The van der Waals surface area contributed by atoms with Crippen molar-refractivity contribution in [1.82, 2.24) is 29.9 Å². The molecular formula is C20H17ClN6O. The SMILES string of the molecule is O=C(NCc1ccc(-n2cncn2)cc1)c1cnn(Cc2ccccc2Cl)c1. The van der Waals surface area contributed by atoms with Crippen molar-refractivity contribution < 1.29 is 4.79 Å². The smallest absolute Gasteiger partial charge is 0.254 e. The molecule has 0 aliphatic rings. The minimum Gasteiger partial charge on any atom is -0.348 e. The molecule has 0 bridgehead atoms. The molecular weight excluding hydrogens is 376 g/mol. The summed E-state index contributed by atoms with van der Waals surface area (Å²) in [6, 6.07) is 15.3. The van der Waals surface area contributed by atoms with E-state index < -0.39 is 0 Å². The topological polar surface area (TPSA) is 77.6 Å². The lowest BCUT2D eigenvalue weighted by Crippen LogP contribution is -2.22. The minimum atomic E-state index is -0.175. The van der Waals surface area contributed by atoms with E-state index >= 15 is 0 Å². The minimum absolute atomic E-state index is 0.175. The van der Waals surface area contributed by atoms with Gasteiger partial charge >= 0.3 is 0 Å². The fourth-order valence-corrected chi connectivity index (χ4v) is 2.96. The van der Waals surface area contributed by atoms with Gasteiger partial charge in [-0.25, -0.2) is 9.67 Å². The Morgan fingerprint density at radius 3 is 2.64 bits per heavy atom. The fraction of sp³-hybridized carbons (Fsp3) is 0.100. The second-order valence-electron chi connectivity index (χ2n) is 6.21. The van der Waals surface area contributed by atoms with Crippen molar-refractivity contribution in [2.45, 2.75) is 13.1 Å². The maximum atomic E-state index is 12.4. The molecule has 7 nitrogen and oxygen atoms in total. The Morgan fingerprint density at radius 2 is 1.89 bits per heavy atom. The van der Waals surface area contributed by atoms with Gasteiger partial charge in [-0.1, -0.05) is 41.9 Å². The average molecular weight is 393 g/mol. The number of halogens is 1. The molecule has 28 heavy (non-hydrogen) atoms. The summed E-state index contributed by atoms with van der Waals surface area (Å²) < 4.78 is 3.37. The zero-order valence-corrected chi connectivity index (χ0v) is 15.6. The van der Waals surface area contributed by atoms with Gasteiger partial charge in [-0.2, -0.15) is 10.2 Å². The van der Waals surface area contributed by atoms with Gasteiger partial charge in [-0.3, -0.25) is 9.48 Å². The average Bonchev–Trinajstić information content (AvgIpc) is 3.41. The van der Waals surface area contributed by atoms with Crippen molar-refractivity contribution in [1.29, 1.82) is 0 Å². The summed E-state index contributed by atoms with van der Waals surface area (Å²) in [5, 5.41) is 11.9. The number of nitrogens with zero attached hydrogens (tertiary/aromatic N) is 5. The molecule has 8 heteroatoms. The fourth-order valence-electron chi connectivity index (χ4n) is 2.76. The monoisotopic (exact) mass is 392 g/mol. The molecule has 0 saturated carbocycles. The maximum Gasteiger partial charge on any atom is 0.254 e. The van der Waals surface area contributed by atoms with E-state index in [0.29, 0.717) is 23.7 Å². The molecule has 2 aromatic carbocycles. The van der Waals surface area contributed by atoms with Gasteiger partial charge in [0, 0.05) is 17.8 Å². The number of amides is 1. The third-order valence-corrected chi connectivity index (χ3v) is 4.63. The van der Waals surface area contributed by atoms with Gasteiger partial charge in [0.25, 0.3) is 5.91 Å². The van der Waals surface area contributed by atoms with Gasteiger partial charge in [-0.15, -0.1) is 0 Å². The number of nitrogens with one attached hydrogen (secondary N) is 1. The third kappa shape index (κ3) is 4.10. The molecule has 2 heterocycles. The van der Waals surface area contributed by atoms with Crippen LogP contribution in [0.5, 0.6) is 0 Å². The number of rotatable bonds is 6. The number of carbonyl (C=O) groups is 1. The quantitative estimate of drug-likeness (QED) is 0.547. The first-order chi connectivity index (χ1) is 13.7. The number of benzene rings is 2. The highest BCUT2D eigenvalue weighted by atomic mass is 35.5. The highest BCUT2D eigenvalue weighted by Crippen LogP contribution is 2.16. The largest absolute Gasteiger partial charge is 0.348 e. The standard InChI is InChI=1S/C20H17ClN6O/c21-19-4-2-1-3-16(19)11-26-12-17(10-24-26)20(28)23-9-15-5-7-18(8-6-15)27-14-22-13-25-27/h1-8,10,12-14H,9,11H2,(H,23,28). The van der Waals surface area contributed by atoms with Gasteiger partial charge in [0.1, 0.15) is 12.7 Å². The van der Waals surface area contributed by atoms with Crippen LogP contribution in [0.2, 0.25) is 5.02 Å². The second kappa shape index (κ2) is 8.06. The molecule has 0 aliphatic carbocycles. The second-order valence-corrected chi connectivity index (χ2v) is 6.61. The highest BCUT2D eigenvalue weighted by Gasteiger charge is 2.09. The molecule has 4 aromatic rings. The molecule has 4 rings (SSSR count). The first kappa shape index (κ1) is 17.9. The summed E-state index contributed by atoms with van der Waals surface area (Å²) in [6.45, 7) is 0.933. The summed E-state index contributed by atoms with van der Waals surface area (Å²) in [7, 11) is 0. The van der Waals surface area contributed by atoms with Gasteiger partial charge in [0.05, 0.1) is 24.0 Å². The molecule has 0 unspecified atom stereocenters. The highest BCUT2D eigenvalue weighted by molar-refractivity contribution is 6.31. The van der Waals surface area contributed by atoms with Crippen molar-refractivity contribution in [3.63, 3.8) is 0 Å². The zero-order chi connectivity index (χ0) is 19.3. The number of hydrogen-bond donors (Lipinski definition) is 1. The van der Waals surface area contributed by atoms with Gasteiger partial charge in [0.15, 0.2) is 0 Å². The van der Waals surface area contributed by atoms with Crippen molar-refractivity contribution in [2.75, 3.05) is 0 Å². The number of hydrogen-bond acceptors (Lipinski definition) is 4. The normalized spacial score (nSPS) is 10.8. The Bertz CT molecular complexity index is 1070. The Morgan fingerprint density at radius 1 is 1.07 bits per heavy atom. The number of carbonyl (C=O) groups excluding carboxylic acids is 1. The van der Waals surface area contributed by atoms with Crippen LogP contribution in [0, 0.1) is 0 Å². The van der Waals surface area contributed by atoms with Crippen LogP contribution in [-0.4, -0.2) is 30.5 Å². The molecule has 0 saturated heterocycles. The Balaban J connectivity index is 1.35. The van der Waals surface area contributed by atoms with E-state index in [2.05, 4.69) is 20.5 Å². The predicted octanol–water partition coefficient (Wildman–Crippen LogP) is 3.10. The molecule has 0 aliphatic heterocycles. The molecule has 0 radical (unpaired) electrons. The lowest BCUT2D eigenvalue weighted by Gasteiger charge is -2.06. The molecule has 1 N–H and O–H groups in total. The van der Waals surface area contributed by atoms with E-state index in [-0.39, 0.29) is 5.91 Å². The first-order valence-corrected chi connectivity index (χ1v) is 9.05. The van der Waals surface area contributed by atoms with Crippen LogP contribution in [0.1, 0.15) is 21.5 Å². The lowest BCUT2D eigenvalue weighted by atomic mass is 10.2. The van der Waals surface area contributed by atoms with Crippen LogP contribution in [0.15, 0.2) is 73.6 Å². The zero-order valence-electron chi connectivity index (χ0n) is 14.9. The van der Waals surface area contributed by atoms with Crippen molar-refractivity contribution in [3.05, 3.63) is 95.3 Å². The summed E-state index contributed by atoms with van der Waals surface area (Å²) in [4.78, 5) is 16.3. The summed E-state index contributed by atoms with van der Waals surface area (Å²) >= 11 is 6.18. The summed E-state index contributed by atoms with van der Waals surface area (Å²) in [6.07, 6.45) is 6.39. The molecule has 1 amide bonds. The predicted molar refractivity (Wildman–Crippen MR) is 105 cm³/mol. The third-order valence-electron chi connectivity index (χ3n) is 4.26. The molecule has 140 valence electrons. The van der Waals surface area contributed by atoms with Gasteiger partial charge in [0.2, 0.25) is 0 Å². The Hall–Kier alpha value is -3.45. The Labute approximate surface area is 166 Å². The Kier molecular flexibility index (Phi) is 5.16. The van der Waals surface area contributed by atoms with Crippen molar-refractivity contribution in [3.8, 4) is 5.69 Å². The summed E-state index contributed by atoms with van der Waals surface area (Å²) in [5.41, 5.74) is 3.35. The van der Waals surface area contributed by atoms with Crippen LogP contribution in [0.4, 0.5) is 0 Å². The van der Waals surface area contributed by atoms with E-state index in [4.69, 9.17) is 11.6 Å². The van der Waals surface area contributed by atoms with Crippen LogP contribution in [0.3, 0.4) is 0 Å². The summed E-state index contributed by atoms with van der Waals surface area (Å²) in [5.74, 6) is -0.175. The molecule has 0 spiro atoms. The maximum absolute atomic E-state index is 12.4. The lowest BCUT2D eigenvalue weighted by molar-refractivity contribution is 0.0951. The molecule has 0 fully saturated rings. The van der Waals surface area contributed by atoms with Gasteiger partial charge in [-0.05, 0) is 29.3 Å². The van der Waals surface area contributed by atoms with E-state index in [1.165, 1.54) is 6.33 Å². The molecule has 2 aromatic heterocycles. The van der Waals surface area contributed by atoms with Crippen molar-refractivity contribution >= 4 is 17.5 Å². The van der Waals surface area contributed by atoms with Crippen LogP contribution >= 0.6 is 11.6 Å². The van der Waals surface area contributed by atoms with E-state index in [0.717, 1.165) is 16.8 Å². The van der Waals surface area contributed by atoms with E-state index in [1.807, 2.05) is 48.5 Å². The van der Waals surface area contributed by atoms with Crippen LogP contribution < -0.4 is 5.32 Å².